The average molecular weight is 288 g/mol. The van der Waals surface area contributed by atoms with Gasteiger partial charge >= 0.3 is 0 Å². The predicted molar refractivity (Wildman–Crippen MR) is 71.6 cm³/mol. The standard InChI is InChI=1S/C11H14ClN3O2S/c1-8-9(15-2-5-17-6-3-15)13-11(12)14-10(8)18-7-4-16/h4H,2-3,5-7H2,1H3. The van der Waals surface area contributed by atoms with Crippen LogP contribution in [0.1, 0.15) is 5.56 Å². The van der Waals surface area contributed by atoms with Crippen molar-refractivity contribution < 1.29 is 9.53 Å². The molecule has 2 heterocycles. The summed E-state index contributed by atoms with van der Waals surface area (Å²) in [5, 5.41) is 0.985. The molecule has 1 fully saturated rings. The van der Waals surface area contributed by atoms with Crippen molar-refractivity contribution in [3.63, 3.8) is 0 Å². The zero-order valence-electron chi connectivity index (χ0n) is 10.1. The number of morpholine rings is 1. The Morgan fingerprint density at radius 1 is 1.44 bits per heavy atom. The number of rotatable bonds is 4. The van der Waals surface area contributed by atoms with Crippen LogP contribution < -0.4 is 4.90 Å². The SMILES string of the molecule is Cc1c(SCC=O)nc(Cl)nc1N1CCOCC1. The average Bonchev–Trinajstić information content (AvgIpc) is 2.40. The summed E-state index contributed by atoms with van der Waals surface area (Å²) in [5.41, 5.74) is 0.966. The maximum Gasteiger partial charge on any atom is 0.225 e. The molecule has 5 nitrogen and oxygen atoms in total. The number of hydrogen-bond donors (Lipinski definition) is 0. The Labute approximate surface area is 115 Å². The highest BCUT2D eigenvalue weighted by molar-refractivity contribution is 7.99. The first-order valence-electron chi connectivity index (χ1n) is 5.65. The van der Waals surface area contributed by atoms with Gasteiger partial charge in [0.15, 0.2) is 0 Å². The molecule has 0 radical (unpaired) electrons. The first-order valence-corrected chi connectivity index (χ1v) is 7.02. The third-order valence-corrected chi connectivity index (χ3v) is 3.79. The molecule has 0 bridgehead atoms. The lowest BCUT2D eigenvalue weighted by Gasteiger charge is -2.29. The zero-order chi connectivity index (χ0) is 13.0. The molecule has 98 valence electrons. The fourth-order valence-corrected chi connectivity index (χ4v) is 2.70. The monoisotopic (exact) mass is 287 g/mol. The normalized spacial score (nSPS) is 15.8. The van der Waals surface area contributed by atoms with Crippen LogP contribution in [-0.4, -0.2) is 48.3 Å². The summed E-state index contributed by atoms with van der Waals surface area (Å²) >= 11 is 7.32. The number of thioether (sulfide) groups is 1. The van der Waals surface area contributed by atoms with E-state index in [9.17, 15) is 4.79 Å². The largest absolute Gasteiger partial charge is 0.378 e. The minimum absolute atomic E-state index is 0.218. The zero-order valence-corrected chi connectivity index (χ0v) is 11.6. The molecule has 18 heavy (non-hydrogen) atoms. The first kappa shape index (κ1) is 13.6. The highest BCUT2D eigenvalue weighted by atomic mass is 35.5. The quantitative estimate of drug-likeness (QED) is 0.363. The fraction of sp³-hybridized carbons (Fsp3) is 0.545. The molecule has 1 aromatic rings. The van der Waals surface area contributed by atoms with Gasteiger partial charge in [-0.3, -0.25) is 0 Å². The summed E-state index contributed by atoms with van der Waals surface area (Å²) in [4.78, 5) is 21.0. The van der Waals surface area contributed by atoms with E-state index in [2.05, 4.69) is 14.9 Å². The van der Waals surface area contributed by atoms with Crippen LogP contribution in [0.4, 0.5) is 5.82 Å². The molecule has 0 spiro atoms. The Morgan fingerprint density at radius 2 is 2.17 bits per heavy atom. The third kappa shape index (κ3) is 3.13. The van der Waals surface area contributed by atoms with E-state index in [-0.39, 0.29) is 5.28 Å². The van der Waals surface area contributed by atoms with Gasteiger partial charge in [0.2, 0.25) is 5.28 Å². The van der Waals surface area contributed by atoms with Crippen molar-refractivity contribution in [3.05, 3.63) is 10.8 Å². The smallest absolute Gasteiger partial charge is 0.225 e. The molecule has 1 aliphatic rings. The number of hydrogen-bond acceptors (Lipinski definition) is 6. The van der Waals surface area contributed by atoms with Crippen LogP contribution in [0.3, 0.4) is 0 Å². The Hall–Kier alpha value is -0.850. The Morgan fingerprint density at radius 3 is 2.83 bits per heavy atom. The van der Waals surface area contributed by atoms with Gasteiger partial charge in [-0.2, -0.15) is 0 Å². The highest BCUT2D eigenvalue weighted by Crippen LogP contribution is 2.28. The number of anilines is 1. The summed E-state index contributed by atoms with van der Waals surface area (Å²) in [7, 11) is 0. The summed E-state index contributed by atoms with van der Waals surface area (Å²) < 4.78 is 5.32. The minimum atomic E-state index is 0.218. The van der Waals surface area contributed by atoms with Gasteiger partial charge in [0.1, 0.15) is 17.1 Å². The van der Waals surface area contributed by atoms with Crippen LogP contribution in [0.25, 0.3) is 0 Å². The molecule has 0 aliphatic carbocycles. The van der Waals surface area contributed by atoms with Crippen molar-refractivity contribution in [2.24, 2.45) is 0 Å². The number of halogens is 1. The predicted octanol–water partition coefficient (Wildman–Crippen LogP) is 1.57. The van der Waals surface area contributed by atoms with Gasteiger partial charge in [0, 0.05) is 18.7 Å². The van der Waals surface area contributed by atoms with Crippen molar-refractivity contribution in [2.45, 2.75) is 11.9 Å². The topological polar surface area (TPSA) is 55.3 Å². The van der Waals surface area contributed by atoms with E-state index >= 15 is 0 Å². The molecule has 0 saturated carbocycles. The second-order valence-corrected chi connectivity index (χ2v) is 5.17. The van der Waals surface area contributed by atoms with E-state index in [4.69, 9.17) is 16.3 Å². The van der Waals surface area contributed by atoms with Crippen LogP contribution in [0.2, 0.25) is 5.28 Å². The second kappa shape index (κ2) is 6.36. The number of nitrogens with zero attached hydrogens (tertiary/aromatic N) is 3. The summed E-state index contributed by atoms with van der Waals surface area (Å²) in [6.07, 6.45) is 0.856. The van der Waals surface area contributed by atoms with Crippen LogP contribution >= 0.6 is 23.4 Å². The van der Waals surface area contributed by atoms with Crippen LogP contribution in [-0.2, 0) is 9.53 Å². The van der Waals surface area contributed by atoms with Gasteiger partial charge in [-0.1, -0.05) is 11.8 Å². The lowest BCUT2D eigenvalue weighted by atomic mass is 10.3. The molecule has 1 aromatic heterocycles. The molecule has 0 atom stereocenters. The molecular formula is C11H14ClN3O2S. The summed E-state index contributed by atoms with van der Waals surface area (Å²) in [5.74, 6) is 1.21. The van der Waals surface area contributed by atoms with Crippen LogP contribution in [0.5, 0.6) is 0 Å². The molecule has 0 N–H and O–H groups in total. The maximum absolute atomic E-state index is 10.4. The van der Waals surface area contributed by atoms with Crippen molar-refractivity contribution in [3.8, 4) is 0 Å². The van der Waals surface area contributed by atoms with E-state index in [1.54, 1.807) is 0 Å². The first-order chi connectivity index (χ1) is 8.72. The van der Waals surface area contributed by atoms with Gasteiger partial charge in [-0.05, 0) is 18.5 Å². The highest BCUT2D eigenvalue weighted by Gasteiger charge is 2.18. The molecule has 7 heteroatoms. The molecule has 0 aromatic carbocycles. The van der Waals surface area contributed by atoms with Crippen LogP contribution in [0.15, 0.2) is 5.03 Å². The second-order valence-electron chi connectivity index (χ2n) is 3.82. The lowest BCUT2D eigenvalue weighted by Crippen LogP contribution is -2.37. The number of carbonyl (C=O) groups excluding carboxylic acids is 1. The molecule has 0 amide bonds. The third-order valence-electron chi connectivity index (χ3n) is 2.65. The summed E-state index contributed by atoms with van der Waals surface area (Å²) in [6, 6.07) is 0. The Balaban J connectivity index is 2.27. The van der Waals surface area contributed by atoms with E-state index in [1.165, 1.54) is 11.8 Å². The minimum Gasteiger partial charge on any atom is -0.378 e. The van der Waals surface area contributed by atoms with Crippen LogP contribution in [0, 0.1) is 6.92 Å². The van der Waals surface area contributed by atoms with E-state index in [0.29, 0.717) is 19.0 Å². The molecular weight excluding hydrogens is 274 g/mol. The van der Waals surface area contributed by atoms with Crippen molar-refractivity contribution in [2.75, 3.05) is 37.0 Å². The number of aromatic nitrogens is 2. The number of carbonyl (C=O) groups is 1. The molecule has 2 rings (SSSR count). The van der Waals surface area contributed by atoms with Crippen molar-refractivity contribution >= 4 is 35.5 Å². The van der Waals surface area contributed by atoms with Gasteiger partial charge in [-0.25, -0.2) is 9.97 Å². The van der Waals surface area contributed by atoms with E-state index < -0.39 is 0 Å². The van der Waals surface area contributed by atoms with E-state index in [1.807, 2.05) is 6.92 Å². The van der Waals surface area contributed by atoms with Gasteiger partial charge in [0.25, 0.3) is 0 Å². The maximum atomic E-state index is 10.4. The van der Waals surface area contributed by atoms with Crippen molar-refractivity contribution in [1.82, 2.24) is 9.97 Å². The number of aldehydes is 1. The van der Waals surface area contributed by atoms with E-state index in [0.717, 1.165) is 35.8 Å². The molecule has 0 unspecified atom stereocenters. The molecule has 1 aliphatic heterocycles. The van der Waals surface area contributed by atoms with Gasteiger partial charge < -0.3 is 14.4 Å². The number of ether oxygens (including phenoxy) is 1. The van der Waals surface area contributed by atoms with Gasteiger partial charge in [0.05, 0.1) is 19.0 Å². The Kier molecular flexibility index (Phi) is 4.79. The summed E-state index contributed by atoms with van der Waals surface area (Å²) in [6.45, 7) is 4.93. The fourth-order valence-electron chi connectivity index (χ4n) is 1.80. The van der Waals surface area contributed by atoms with Gasteiger partial charge in [-0.15, -0.1) is 0 Å². The molecule has 1 saturated heterocycles. The lowest BCUT2D eigenvalue weighted by molar-refractivity contribution is -0.105. The van der Waals surface area contributed by atoms with Crippen molar-refractivity contribution in [1.29, 1.82) is 0 Å². The Bertz CT molecular complexity index is 439.